The minimum Gasteiger partial charge on any atom is -0.256 e. The highest BCUT2D eigenvalue weighted by molar-refractivity contribution is 5.96. The van der Waals surface area contributed by atoms with Gasteiger partial charge in [0.05, 0.1) is 34.2 Å². The molecule has 254 valence electrons. The molecule has 6 aromatic heterocycles. The molecule has 0 spiro atoms. The smallest absolute Gasteiger partial charge is 0.0708 e. The first-order valence-corrected chi connectivity index (χ1v) is 17.7. The molecule has 3 aromatic carbocycles. The monoisotopic (exact) mass is 692 g/mol. The van der Waals surface area contributed by atoms with Gasteiger partial charge in [-0.05, 0) is 144 Å². The molecule has 0 saturated carbocycles. The molecular weight excluding hydrogens is 661 g/mol. The lowest BCUT2D eigenvalue weighted by Crippen LogP contribution is -1.97. The van der Waals surface area contributed by atoms with E-state index < -0.39 is 0 Å². The van der Waals surface area contributed by atoms with Crippen LogP contribution in [0.3, 0.4) is 0 Å². The SMILES string of the molecule is c1ccc(-c2cc(-c3ccccn3)cc(-c3cc(-c4cc(-c5ccccn5)cc(-c5ccccn5)c4)c(-c4ccccn4)cc3-c3ccccn3)c2)nc1. The van der Waals surface area contributed by atoms with Crippen molar-refractivity contribution < 1.29 is 0 Å². The summed E-state index contributed by atoms with van der Waals surface area (Å²) in [6.45, 7) is 0. The number of rotatable bonds is 8. The van der Waals surface area contributed by atoms with E-state index in [-0.39, 0.29) is 0 Å². The molecule has 0 amide bonds. The highest BCUT2D eigenvalue weighted by atomic mass is 14.7. The molecule has 0 N–H and O–H groups in total. The van der Waals surface area contributed by atoms with Crippen LogP contribution >= 0.6 is 0 Å². The van der Waals surface area contributed by atoms with E-state index in [4.69, 9.17) is 29.9 Å². The zero-order valence-corrected chi connectivity index (χ0v) is 29.2. The first-order chi connectivity index (χ1) is 26.8. The lowest BCUT2D eigenvalue weighted by atomic mass is 9.85. The molecule has 0 saturated heterocycles. The minimum absolute atomic E-state index is 0.857. The van der Waals surface area contributed by atoms with Crippen molar-refractivity contribution in [3.05, 3.63) is 195 Å². The standard InChI is InChI=1S/C48H32N6/c1-7-19-49-43(13-1)35-25-33(26-36(29-35)44-14-2-8-20-50-44)39-31-40(42(48-18-6-12-24-54-48)32-41(39)47-17-5-11-23-53-47)34-27-37(45-15-3-9-21-51-45)30-38(28-34)46-16-4-10-22-52-46/h1-32H. The molecule has 0 aliphatic rings. The van der Waals surface area contributed by atoms with Gasteiger partial charge in [-0.15, -0.1) is 0 Å². The molecule has 6 heterocycles. The van der Waals surface area contributed by atoms with Crippen molar-refractivity contribution in [1.29, 1.82) is 0 Å². The van der Waals surface area contributed by atoms with E-state index in [0.29, 0.717) is 0 Å². The molecule has 54 heavy (non-hydrogen) atoms. The van der Waals surface area contributed by atoms with Crippen LogP contribution in [0.25, 0.3) is 89.8 Å². The molecule has 6 heteroatoms. The number of benzene rings is 3. The second kappa shape index (κ2) is 14.7. The predicted octanol–water partition coefficient (Wildman–Crippen LogP) is 11.4. The van der Waals surface area contributed by atoms with Gasteiger partial charge >= 0.3 is 0 Å². The summed E-state index contributed by atoms with van der Waals surface area (Å²) in [4.78, 5) is 28.7. The lowest BCUT2D eigenvalue weighted by molar-refractivity contribution is 1.30. The van der Waals surface area contributed by atoms with Crippen molar-refractivity contribution in [2.24, 2.45) is 0 Å². The van der Waals surface area contributed by atoms with Crippen LogP contribution < -0.4 is 0 Å². The Labute approximate surface area is 313 Å². The Balaban J connectivity index is 1.37. The Kier molecular flexibility index (Phi) is 8.81. The van der Waals surface area contributed by atoms with E-state index in [1.807, 2.05) is 134 Å². The van der Waals surface area contributed by atoms with Crippen LogP contribution in [0.4, 0.5) is 0 Å². The van der Waals surface area contributed by atoms with E-state index in [0.717, 1.165) is 89.8 Å². The molecule has 9 rings (SSSR count). The summed E-state index contributed by atoms with van der Waals surface area (Å²) >= 11 is 0. The van der Waals surface area contributed by atoms with Crippen LogP contribution in [-0.2, 0) is 0 Å². The van der Waals surface area contributed by atoms with Gasteiger partial charge in [-0.1, -0.05) is 36.4 Å². The highest BCUT2D eigenvalue weighted by Crippen LogP contribution is 2.44. The summed E-state index contributed by atoms with van der Waals surface area (Å²) in [5.74, 6) is 0. The number of pyridine rings is 6. The van der Waals surface area contributed by atoms with Crippen LogP contribution in [0, 0.1) is 0 Å². The van der Waals surface area contributed by atoms with Gasteiger partial charge in [0.15, 0.2) is 0 Å². The van der Waals surface area contributed by atoms with Gasteiger partial charge in [-0.2, -0.15) is 0 Å². The fourth-order valence-corrected chi connectivity index (χ4v) is 6.84. The average Bonchev–Trinajstić information content (AvgIpc) is 3.27. The number of hydrogen-bond acceptors (Lipinski definition) is 6. The zero-order valence-electron chi connectivity index (χ0n) is 29.2. The topological polar surface area (TPSA) is 77.3 Å². The van der Waals surface area contributed by atoms with Crippen molar-refractivity contribution in [1.82, 2.24) is 29.9 Å². The zero-order chi connectivity index (χ0) is 36.1. The molecule has 0 fully saturated rings. The second-order valence-electron chi connectivity index (χ2n) is 12.8. The van der Waals surface area contributed by atoms with E-state index in [9.17, 15) is 0 Å². The summed E-state index contributed by atoms with van der Waals surface area (Å²) in [7, 11) is 0. The third-order valence-electron chi connectivity index (χ3n) is 9.37. The van der Waals surface area contributed by atoms with Crippen molar-refractivity contribution in [3.8, 4) is 89.8 Å². The summed E-state index contributed by atoms with van der Waals surface area (Å²) < 4.78 is 0. The number of nitrogens with zero attached hydrogens (tertiary/aromatic N) is 6. The first kappa shape index (κ1) is 32.5. The Hall–Kier alpha value is -7.44. The largest absolute Gasteiger partial charge is 0.256 e. The average molecular weight is 693 g/mol. The van der Waals surface area contributed by atoms with Crippen molar-refractivity contribution in [2.45, 2.75) is 0 Å². The maximum absolute atomic E-state index is 4.88. The molecule has 0 unspecified atom stereocenters. The van der Waals surface area contributed by atoms with Gasteiger partial charge in [0.1, 0.15) is 0 Å². The molecule has 6 nitrogen and oxygen atoms in total. The maximum Gasteiger partial charge on any atom is 0.0708 e. The number of hydrogen-bond donors (Lipinski definition) is 0. The quantitative estimate of drug-likeness (QED) is 0.158. The van der Waals surface area contributed by atoms with Crippen molar-refractivity contribution in [3.63, 3.8) is 0 Å². The number of aromatic nitrogens is 6. The fourth-order valence-electron chi connectivity index (χ4n) is 6.84. The van der Waals surface area contributed by atoms with Crippen molar-refractivity contribution >= 4 is 0 Å². The van der Waals surface area contributed by atoms with Gasteiger partial charge in [0.2, 0.25) is 0 Å². The molecule has 0 radical (unpaired) electrons. The predicted molar refractivity (Wildman–Crippen MR) is 217 cm³/mol. The minimum atomic E-state index is 0.857. The lowest BCUT2D eigenvalue weighted by Gasteiger charge is -2.19. The summed E-state index contributed by atoms with van der Waals surface area (Å²) in [5, 5.41) is 0. The van der Waals surface area contributed by atoms with Crippen LogP contribution in [0.2, 0.25) is 0 Å². The molecule has 0 aliphatic carbocycles. The Bertz CT molecular complexity index is 2370. The Morgan fingerprint density at radius 1 is 0.204 bits per heavy atom. The van der Waals surface area contributed by atoms with Gasteiger partial charge in [0.25, 0.3) is 0 Å². The Morgan fingerprint density at radius 2 is 0.444 bits per heavy atom. The summed E-state index contributed by atoms with van der Waals surface area (Å²) in [5.41, 5.74) is 15.2. The van der Waals surface area contributed by atoms with Gasteiger partial charge in [0, 0.05) is 70.6 Å². The maximum atomic E-state index is 4.88. The highest BCUT2D eigenvalue weighted by Gasteiger charge is 2.20. The van der Waals surface area contributed by atoms with E-state index in [1.165, 1.54) is 0 Å². The summed E-state index contributed by atoms with van der Waals surface area (Å²) in [6, 6.07) is 53.7. The summed E-state index contributed by atoms with van der Waals surface area (Å²) in [6.07, 6.45) is 11.0. The third kappa shape index (κ3) is 6.67. The molecular formula is C48H32N6. The van der Waals surface area contributed by atoms with E-state index in [2.05, 4.69) is 60.7 Å². The second-order valence-corrected chi connectivity index (χ2v) is 12.8. The fraction of sp³-hybridized carbons (Fsp3) is 0. The molecule has 0 bridgehead atoms. The van der Waals surface area contributed by atoms with Gasteiger partial charge in [-0.25, -0.2) is 0 Å². The van der Waals surface area contributed by atoms with Gasteiger partial charge in [-0.3, -0.25) is 29.9 Å². The Morgan fingerprint density at radius 3 is 0.704 bits per heavy atom. The van der Waals surface area contributed by atoms with E-state index in [1.54, 1.807) is 0 Å². The first-order valence-electron chi connectivity index (χ1n) is 17.7. The van der Waals surface area contributed by atoms with Crippen LogP contribution in [0.15, 0.2) is 195 Å². The van der Waals surface area contributed by atoms with Crippen LogP contribution in [0.1, 0.15) is 0 Å². The van der Waals surface area contributed by atoms with Crippen molar-refractivity contribution in [2.75, 3.05) is 0 Å². The van der Waals surface area contributed by atoms with Crippen LogP contribution in [0.5, 0.6) is 0 Å². The molecule has 9 aromatic rings. The van der Waals surface area contributed by atoms with E-state index >= 15 is 0 Å². The normalized spacial score (nSPS) is 11.0. The van der Waals surface area contributed by atoms with Crippen LogP contribution in [-0.4, -0.2) is 29.9 Å². The molecule has 0 atom stereocenters. The third-order valence-corrected chi connectivity index (χ3v) is 9.37. The van der Waals surface area contributed by atoms with Gasteiger partial charge < -0.3 is 0 Å². The molecule has 0 aliphatic heterocycles.